The van der Waals surface area contributed by atoms with E-state index in [4.69, 9.17) is 14.5 Å². The first-order valence-corrected chi connectivity index (χ1v) is 17.1. The fourth-order valence-corrected chi connectivity index (χ4v) is 7.36. The number of thioether (sulfide) groups is 1. The van der Waals surface area contributed by atoms with Gasteiger partial charge in [0.15, 0.2) is 5.17 Å². The van der Waals surface area contributed by atoms with Crippen molar-refractivity contribution in [3.05, 3.63) is 28.2 Å². The quantitative estimate of drug-likeness (QED) is 0.214. The van der Waals surface area contributed by atoms with Gasteiger partial charge in [0.25, 0.3) is 0 Å². The van der Waals surface area contributed by atoms with E-state index in [0.717, 1.165) is 12.5 Å². The number of amides is 1. The summed E-state index contributed by atoms with van der Waals surface area (Å²) in [6.45, 7) is 15.4. The number of halogens is 2. The van der Waals surface area contributed by atoms with Crippen LogP contribution in [0.2, 0.25) is 25.7 Å². The zero-order valence-corrected chi connectivity index (χ0v) is 25.2. The number of nitrogens with zero attached hydrogens (tertiary/aromatic N) is 3. The van der Waals surface area contributed by atoms with Gasteiger partial charge in [-0.1, -0.05) is 52.2 Å². The van der Waals surface area contributed by atoms with Gasteiger partial charge >= 0.3 is 6.09 Å². The molecule has 7 nitrogen and oxygen atoms in total. The Bertz CT molecular complexity index is 1000. The van der Waals surface area contributed by atoms with Crippen molar-refractivity contribution in [1.82, 2.24) is 9.88 Å². The lowest BCUT2D eigenvalue weighted by atomic mass is 9.87. The number of hydrogen-bond acceptors (Lipinski definition) is 6. The Morgan fingerprint density at radius 1 is 1.43 bits per heavy atom. The van der Waals surface area contributed by atoms with Crippen LogP contribution in [-0.2, 0) is 15.0 Å². The molecule has 1 aromatic rings. The van der Waals surface area contributed by atoms with Crippen LogP contribution in [0.15, 0.2) is 21.7 Å². The monoisotopic (exact) mass is 589 g/mol. The number of pyridine rings is 1. The van der Waals surface area contributed by atoms with Crippen LogP contribution in [0.5, 0.6) is 0 Å². The van der Waals surface area contributed by atoms with E-state index in [2.05, 4.69) is 40.6 Å². The summed E-state index contributed by atoms with van der Waals surface area (Å²) >= 11 is 4.80. The van der Waals surface area contributed by atoms with E-state index in [1.54, 1.807) is 13.2 Å². The first-order valence-electron chi connectivity index (χ1n) is 11.8. The summed E-state index contributed by atoms with van der Waals surface area (Å²) in [4.78, 5) is 22.8. The molecule has 35 heavy (non-hydrogen) atoms. The highest BCUT2D eigenvalue weighted by atomic mass is 79.9. The van der Waals surface area contributed by atoms with Gasteiger partial charge in [0, 0.05) is 49.4 Å². The number of aromatic nitrogens is 1. The Kier molecular flexibility index (Phi) is 8.19. The van der Waals surface area contributed by atoms with Gasteiger partial charge in [-0.3, -0.25) is 4.99 Å². The van der Waals surface area contributed by atoms with E-state index < -0.39 is 42.0 Å². The molecule has 0 aromatic carbocycles. The number of hydrogen-bond donors (Lipinski definition) is 1. The SMILES string of the molecule is COC[C@]12C[C@H]1[C@@](C)(c1cc(Br)cnc1F)N=C(N(C(=O)O)C(OCC[Si](C)(C)C)C(C)(C)C)S2. The molecule has 3 rings (SSSR count). The molecule has 0 saturated heterocycles. The molecule has 1 N–H and O–H groups in total. The van der Waals surface area contributed by atoms with Crippen molar-refractivity contribution in [2.45, 2.75) is 76.3 Å². The predicted molar refractivity (Wildman–Crippen MR) is 144 cm³/mol. The second-order valence-electron chi connectivity index (χ2n) is 11.9. The van der Waals surface area contributed by atoms with Crippen LogP contribution in [0.4, 0.5) is 9.18 Å². The van der Waals surface area contributed by atoms with Crippen LogP contribution in [0.25, 0.3) is 0 Å². The molecule has 0 spiro atoms. The summed E-state index contributed by atoms with van der Waals surface area (Å²) in [5, 5.41) is 10.7. The summed E-state index contributed by atoms with van der Waals surface area (Å²) < 4.78 is 27.1. The van der Waals surface area contributed by atoms with Crippen molar-refractivity contribution in [3.63, 3.8) is 0 Å². The molecule has 0 radical (unpaired) electrons. The molecule has 0 bridgehead atoms. The lowest BCUT2D eigenvalue weighted by Gasteiger charge is -2.42. The Hall–Kier alpha value is -1.01. The number of aliphatic imine (C=N–C) groups is 1. The third-order valence-corrected chi connectivity index (χ3v) is 10.2. The molecule has 1 fully saturated rings. The number of amidine groups is 1. The molecule has 1 amide bonds. The smallest absolute Gasteiger partial charge is 0.415 e. The molecule has 2 heterocycles. The van der Waals surface area contributed by atoms with Crippen molar-refractivity contribution in [2.75, 3.05) is 20.3 Å². The van der Waals surface area contributed by atoms with E-state index in [1.165, 1.54) is 22.9 Å². The molecule has 4 atom stereocenters. The minimum absolute atomic E-state index is 0.0224. The van der Waals surface area contributed by atoms with Crippen molar-refractivity contribution in [1.29, 1.82) is 0 Å². The number of carbonyl (C=O) groups is 1. The van der Waals surface area contributed by atoms with Crippen molar-refractivity contribution >= 4 is 47.0 Å². The molecule has 196 valence electrons. The van der Waals surface area contributed by atoms with Crippen molar-refractivity contribution < 1.29 is 23.8 Å². The third kappa shape index (κ3) is 6.11. The van der Waals surface area contributed by atoms with E-state index >= 15 is 4.39 Å². The van der Waals surface area contributed by atoms with Crippen LogP contribution < -0.4 is 0 Å². The summed E-state index contributed by atoms with van der Waals surface area (Å²) in [7, 11) is 0.240. The minimum atomic E-state index is -1.39. The van der Waals surface area contributed by atoms with Crippen LogP contribution in [-0.4, -0.2) is 65.6 Å². The zero-order chi connectivity index (χ0) is 26.4. The molecular weight excluding hydrogens is 553 g/mol. The summed E-state index contributed by atoms with van der Waals surface area (Å²) in [6.07, 6.45) is 0.231. The number of ether oxygens (including phenoxy) is 2. The largest absolute Gasteiger partial charge is 0.465 e. The molecule has 1 aliphatic heterocycles. The highest BCUT2D eigenvalue weighted by Crippen LogP contribution is 2.66. The highest BCUT2D eigenvalue weighted by Gasteiger charge is 2.68. The predicted octanol–water partition coefficient (Wildman–Crippen LogP) is 6.41. The van der Waals surface area contributed by atoms with Gasteiger partial charge in [-0.2, -0.15) is 4.39 Å². The van der Waals surface area contributed by atoms with Crippen molar-refractivity contribution in [3.8, 4) is 0 Å². The van der Waals surface area contributed by atoms with Crippen LogP contribution in [0, 0.1) is 17.3 Å². The maximum Gasteiger partial charge on any atom is 0.415 e. The van der Waals surface area contributed by atoms with Gasteiger partial charge < -0.3 is 14.6 Å². The second-order valence-corrected chi connectivity index (χ2v) is 19.9. The lowest BCUT2D eigenvalue weighted by Crippen LogP contribution is -2.53. The van der Waals surface area contributed by atoms with Gasteiger partial charge in [0.05, 0.1) is 16.9 Å². The molecule has 11 heteroatoms. The lowest BCUT2D eigenvalue weighted by molar-refractivity contribution is -0.0761. The Morgan fingerprint density at radius 2 is 2.09 bits per heavy atom. The normalized spacial score (nSPS) is 27.1. The van der Waals surface area contributed by atoms with Gasteiger partial charge in [0.2, 0.25) is 5.95 Å². The Morgan fingerprint density at radius 3 is 2.63 bits per heavy atom. The fourth-order valence-electron chi connectivity index (χ4n) is 4.62. The third-order valence-electron chi connectivity index (χ3n) is 6.58. The molecule has 1 aliphatic carbocycles. The Labute approximate surface area is 221 Å². The number of methoxy groups -OCH3 is 1. The first kappa shape index (κ1) is 28.6. The second kappa shape index (κ2) is 10.0. The van der Waals surface area contributed by atoms with E-state index in [-0.39, 0.29) is 5.92 Å². The maximum atomic E-state index is 15.0. The van der Waals surface area contributed by atoms with Gasteiger partial charge in [-0.05, 0) is 41.4 Å². The standard InChI is InChI=1S/C24H37BrFN3O4SSi/c1-22(2,3)19(33-9-10-35(6,7)8)29(21(30)31)20-28-23(4,16-11-15(25)13-27-18(16)26)17-12-24(17,34-20)14-32-5/h11,13,17,19H,9-10,12,14H2,1-8H3,(H,30,31)/t17-,19?,23+,24+/m0/s1. The number of carboxylic acid groups (broad SMARTS) is 1. The van der Waals surface area contributed by atoms with Gasteiger partial charge in [-0.15, -0.1) is 0 Å². The van der Waals surface area contributed by atoms with Crippen LogP contribution in [0.1, 0.15) is 39.7 Å². The molecule has 1 unspecified atom stereocenters. The summed E-state index contributed by atoms with van der Waals surface area (Å²) in [5.41, 5.74) is -1.19. The van der Waals surface area contributed by atoms with Gasteiger partial charge in [-0.25, -0.2) is 14.7 Å². The Balaban J connectivity index is 2.10. The topological polar surface area (TPSA) is 84.3 Å². The van der Waals surface area contributed by atoms with Crippen LogP contribution in [0.3, 0.4) is 0 Å². The minimum Gasteiger partial charge on any atom is -0.465 e. The number of fused-ring (bicyclic) bond motifs is 1. The summed E-state index contributed by atoms with van der Waals surface area (Å²) in [5.74, 6) is -0.629. The average Bonchev–Trinajstić information content (AvgIpc) is 3.42. The fraction of sp³-hybridized carbons (Fsp3) is 0.708. The highest BCUT2D eigenvalue weighted by molar-refractivity contribution is 9.10. The first-order chi connectivity index (χ1) is 16.0. The summed E-state index contributed by atoms with van der Waals surface area (Å²) in [6, 6.07) is 2.60. The zero-order valence-electron chi connectivity index (χ0n) is 21.8. The maximum absolute atomic E-state index is 15.0. The molecule has 1 saturated carbocycles. The molecule has 2 aliphatic rings. The van der Waals surface area contributed by atoms with E-state index in [0.29, 0.717) is 28.4 Å². The number of rotatable bonds is 8. The van der Waals surface area contributed by atoms with E-state index in [1.807, 2.05) is 27.7 Å². The van der Waals surface area contributed by atoms with Crippen LogP contribution >= 0.6 is 27.7 Å². The van der Waals surface area contributed by atoms with Crippen molar-refractivity contribution in [2.24, 2.45) is 16.3 Å². The van der Waals surface area contributed by atoms with E-state index in [9.17, 15) is 9.90 Å². The molecular formula is C24H37BrFN3O4SSi. The van der Waals surface area contributed by atoms with Gasteiger partial charge in [0.1, 0.15) is 6.23 Å². The molecule has 1 aromatic heterocycles. The average molecular weight is 591 g/mol.